The molecule has 0 amide bonds. The molecular formula is C9H17BrN2. The molecule has 0 atom stereocenters. The Balaban J connectivity index is 1.77. The highest BCUT2D eigenvalue weighted by Crippen LogP contribution is 2.32. The molecule has 0 aliphatic carbocycles. The molecule has 1 rings (SSSR count). The van der Waals surface area contributed by atoms with Crippen molar-refractivity contribution in [2.75, 3.05) is 5.33 Å². The molecule has 0 aromatic rings. The Morgan fingerprint density at radius 1 is 1.00 bits per heavy atom. The van der Waals surface area contributed by atoms with Crippen molar-refractivity contribution < 1.29 is 0 Å². The average molecular weight is 233 g/mol. The van der Waals surface area contributed by atoms with Crippen LogP contribution in [-0.2, 0) is 0 Å². The van der Waals surface area contributed by atoms with Gasteiger partial charge < -0.3 is 0 Å². The Kier molecular flexibility index (Phi) is 4.19. The first-order chi connectivity index (χ1) is 5.77. The summed E-state index contributed by atoms with van der Waals surface area (Å²) in [6.07, 6.45) is 7.81. The summed E-state index contributed by atoms with van der Waals surface area (Å²) in [6, 6.07) is 0. The molecule has 3 heteroatoms. The molecule has 0 fully saturated rings. The van der Waals surface area contributed by atoms with Crippen molar-refractivity contribution in [2.45, 2.75) is 51.1 Å². The monoisotopic (exact) mass is 232 g/mol. The molecule has 0 saturated heterocycles. The molecular weight excluding hydrogens is 216 g/mol. The predicted octanol–water partition coefficient (Wildman–Crippen LogP) is 3.90. The van der Waals surface area contributed by atoms with E-state index in [2.05, 4.69) is 33.1 Å². The van der Waals surface area contributed by atoms with Gasteiger partial charge in [0.15, 0.2) is 5.66 Å². The molecule has 0 spiro atoms. The Bertz CT molecular complexity index is 151. The highest BCUT2D eigenvalue weighted by molar-refractivity contribution is 9.09. The second kappa shape index (κ2) is 4.95. The van der Waals surface area contributed by atoms with Crippen LogP contribution in [0.1, 0.15) is 45.4 Å². The normalized spacial score (nSPS) is 18.2. The third-order valence-corrected chi connectivity index (χ3v) is 2.79. The molecule has 70 valence electrons. The van der Waals surface area contributed by atoms with Gasteiger partial charge in [-0.1, -0.05) is 35.2 Å². The van der Waals surface area contributed by atoms with E-state index in [4.69, 9.17) is 0 Å². The van der Waals surface area contributed by atoms with E-state index >= 15 is 0 Å². The topological polar surface area (TPSA) is 24.7 Å². The smallest absolute Gasteiger partial charge is 0.159 e. The van der Waals surface area contributed by atoms with Gasteiger partial charge in [-0.3, -0.25) is 0 Å². The van der Waals surface area contributed by atoms with Gasteiger partial charge in [0.05, 0.1) is 0 Å². The minimum atomic E-state index is 0.0371. The average Bonchev–Trinajstić information content (AvgIpc) is 2.77. The van der Waals surface area contributed by atoms with Crippen molar-refractivity contribution in [3.05, 3.63) is 0 Å². The lowest BCUT2D eigenvalue weighted by Gasteiger charge is -2.02. The van der Waals surface area contributed by atoms with Crippen LogP contribution in [0, 0.1) is 0 Å². The van der Waals surface area contributed by atoms with E-state index in [9.17, 15) is 0 Å². The minimum absolute atomic E-state index is 0.0371. The van der Waals surface area contributed by atoms with E-state index in [1.807, 2.05) is 0 Å². The van der Waals surface area contributed by atoms with Gasteiger partial charge in [-0.25, -0.2) is 0 Å². The predicted molar refractivity (Wildman–Crippen MR) is 54.8 cm³/mol. The third kappa shape index (κ3) is 4.19. The standard InChI is InChI=1S/C9H17BrN2/c1-9(11-12-9)7-5-3-2-4-6-8-10/h2-8H2,1H3. The lowest BCUT2D eigenvalue weighted by Crippen LogP contribution is -2.02. The fourth-order valence-corrected chi connectivity index (χ4v) is 1.67. The summed E-state index contributed by atoms with van der Waals surface area (Å²) >= 11 is 3.43. The first-order valence-corrected chi connectivity index (χ1v) is 5.89. The minimum Gasteiger partial charge on any atom is -0.159 e. The maximum Gasteiger partial charge on any atom is 0.188 e. The van der Waals surface area contributed by atoms with Gasteiger partial charge in [-0.15, -0.1) is 0 Å². The molecule has 1 aliphatic heterocycles. The van der Waals surface area contributed by atoms with Crippen molar-refractivity contribution in [2.24, 2.45) is 10.2 Å². The van der Waals surface area contributed by atoms with Crippen LogP contribution in [-0.4, -0.2) is 11.0 Å². The van der Waals surface area contributed by atoms with E-state index in [1.165, 1.54) is 32.1 Å². The molecule has 12 heavy (non-hydrogen) atoms. The van der Waals surface area contributed by atoms with Crippen molar-refractivity contribution in [1.82, 2.24) is 0 Å². The van der Waals surface area contributed by atoms with E-state index < -0.39 is 0 Å². The van der Waals surface area contributed by atoms with Gasteiger partial charge in [-0.2, -0.15) is 10.2 Å². The Morgan fingerprint density at radius 3 is 2.17 bits per heavy atom. The van der Waals surface area contributed by atoms with Crippen LogP contribution in [0.5, 0.6) is 0 Å². The summed E-state index contributed by atoms with van der Waals surface area (Å²) < 4.78 is 0. The number of unbranched alkanes of at least 4 members (excludes halogenated alkanes) is 4. The second-order valence-electron chi connectivity index (χ2n) is 3.62. The third-order valence-electron chi connectivity index (χ3n) is 2.23. The zero-order chi connectivity index (χ0) is 8.86. The van der Waals surface area contributed by atoms with Gasteiger partial charge >= 0.3 is 0 Å². The van der Waals surface area contributed by atoms with Crippen LogP contribution >= 0.6 is 15.9 Å². The van der Waals surface area contributed by atoms with Crippen LogP contribution in [0.25, 0.3) is 0 Å². The van der Waals surface area contributed by atoms with Crippen molar-refractivity contribution in [1.29, 1.82) is 0 Å². The van der Waals surface area contributed by atoms with Crippen LogP contribution in [0.3, 0.4) is 0 Å². The summed E-state index contributed by atoms with van der Waals surface area (Å²) in [7, 11) is 0. The highest BCUT2D eigenvalue weighted by Gasteiger charge is 2.32. The molecule has 1 aliphatic rings. The lowest BCUT2D eigenvalue weighted by molar-refractivity contribution is 0.528. The molecule has 0 aromatic carbocycles. The molecule has 1 heterocycles. The molecule has 0 aromatic heterocycles. The van der Waals surface area contributed by atoms with Crippen molar-refractivity contribution >= 4 is 15.9 Å². The van der Waals surface area contributed by atoms with Crippen LogP contribution in [0.4, 0.5) is 0 Å². The molecule has 0 saturated carbocycles. The number of hydrogen-bond donors (Lipinski definition) is 0. The summed E-state index contributed by atoms with van der Waals surface area (Å²) in [5, 5.41) is 9.12. The largest absolute Gasteiger partial charge is 0.188 e. The molecule has 0 radical (unpaired) electrons. The quantitative estimate of drug-likeness (QED) is 0.470. The van der Waals surface area contributed by atoms with Crippen molar-refractivity contribution in [3.8, 4) is 0 Å². The summed E-state index contributed by atoms with van der Waals surface area (Å²) in [5.41, 5.74) is 0.0371. The van der Waals surface area contributed by atoms with Gasteiger partial charge in [0.1, 0.15) is 0 Å². The van der Waals surface area contributed by atoms with E-state index in [0.717, 1.165) is 11.8 Å². The molecule has 2 nitrogen and oxygen atoms in total. The van der Waals surface area contributed by atoms with Crippen LogP contribution in [0.2, 0.25) is 0 Å². The lowest BCUT2D eigenvalue weighted by atomic mass is 10.1. The Hall–Kier alpha value is 0.0800. The summed E-state index contributed by atoms with van der Waals surface area (Å²) in [5.74, 6) is 0. The van der Waals surface area contributed by atoms with Gasteiger partial charge in [0.2, 0.25) is 0 Å². The zero-order valence-electron chi connectivity index (χ0n) is 7.72. The summed E-state index contributed by atoms with van der Waals surface area (Å²) in [6.45, 7) is 2.10. The molecule has 0 N–H and O–H groups in total. The zero-order valence-corrected chi connectivity index (χ0v) is 9.31. The van der Waals surface area contributed by atoms with Crippen molar-refractivity contribution in [3.63, 3.8) is 0 Å². The van der Waals surface area contributed by atoms with Crippen LogP contribution < -0.4 is 0 Å². The van der Waals surface area contributed by atoms with E-state index in [1.54, 1.807) is 0 Å². The number of nitrogens with zero attached hydrogens (tertiary/aromatic N) is 2. The first kappa shape index (κ1) is 10.2. The van der Waals surface area contributed by atoms with Gasteiger partial charge in [0.25, 0.3) is 0 Å². The maximum atomic E-state index is 3.99. The molecule has 0 bridgehead atoms. The molecule has 0 unspecified atom stereocenters. The van der Waals surface area contributed by atoms with E-state index in [-0.39, 0.29) is 5.66 Å². The Labute approximate surface area is 83.0 Å². The number of hydrogen-bond acceptors (Lipinski definition) is 2. The highest BCUT2D eigenvalue weighted by atomic mass is 79.9. The SMILES string of the molecule is CC1(CCCCCCCBr)N=N1. The van der Waals surface area contributed by atoms with E-state index in [0.29, 0.717) is 0 Å². The maximum absolute atomic E-state index is 3.99. The first-order valence-electron chi connectivity index (χ1n) is 4.77. The number of halogens is 1. The van der Waals surface area contributed by atoms with Crippen LogP contribution in [0.15, 0.2) is 10.2 Å². The number of alkyl halides is 1. The van der Waals surface area contributed by atoms with Gasteiger partial charge in [-0.05, 0) is 26.2 Å². The second-order valence-corrected chi connectivity index (χ2v) is 4.42. The Morgan fingerprint density at radius 2 is 1.58 bits per heavy atom. The summed E-state index contributed by atoms with van der Waals surface area (Å²) in [4.78, 5) is 0. The fraction of sp³-hybridized carbons (Fsp3) is 1.00. The fourth-order valence-electron chi connectivity index (χ4n) is 1.27. The number of rotatable bonds is 7. The van der Waals surface area contributed by atoms with Gasteiger partial charge in [0, 0.05) is 5.33 Å².